The lowest BCUT2D eigenvalue weighted by Crippen LogP contribution is -2.23. The highest BCUT2D eigenvalue weighted by Gasteiger charge is 2.22. The molecule has 0 saturated heterocycles. The number of aryl methyl sites for hydroxylation is 3. The van der Waals surface area contributed by atoms with Gasteiger partial charge in [0.2, 0.25) is 5.91 Å². The molecule has 1 atom stereocenters. The Balaban J connectivity index is 1.67. The van der Waals surface area contributed by atoms with Crippen LogP contribution in [0.5, 0.6) is 0 Å². The highest BCUT2D eigenvalue weighted by atomic mass is 32.2. The zero-order valence-electron chi connectivity index (χ0n) is 17.8. The SMILES string of the molecule is Cc1cc(NC(=O)C(C)Sc2nnc(-c3ccccc3)n2-c2ccc(C)c(C)c2)no1. The van der Waals surface area contributed by atoms with E-state index in [0.717, 1.165) is 17.1 Å². The van der Waals surface area contributed by atoms with Gasteiger partial charge in [-0.05, 0) is 51.0 Å². The van der Waals surface area contributed by atoms with Crippen molar-refractivity contribution in [3.63, 3.8) is 0 Å². The monoisotopic (exact) mass is 433 g/mol. The van der Waals surface area contributed by atoms with Crippen molar-refractivity contribution in [1.82, 2.24) is 19.9 Å². The van der Waals surface area contributed by atoms with Crippen LogP contribution in [-0.4, -0.2) is 31.1 Å². The van der Waals surface area contributed by atoms with Gasteiger partial charge in [-0.2, -0.15) is 0 Å². The van der Waals surface area contributed by atoms with Crippen LogP contribution in [0.3, 0.4) is 0 Å². The molecule has 0 aliphatic heterocycles. The van der Waals surface area contributed by atoms with Crippen molar-refractivity contribution >= 4 is 23.5 Å². The lowest BCUT2D eigenvalue weighted by Gasteiger charge is -2.14. The summed E-state index contributed by atoms with van der Waals surface area (Å²) in [6.45, 7) is 7.76. The number of hydrogen-bond acceptors (Lipinski definition) is 6. The van der Waals surface area contributed by atoms with E-state index in [0.29, 0.717) is 16.7 Å². The molecule has 0 saturated carbocycles. The van der Waals surface area contributed by atoms with E-state index >= 15 is 0 Å². The van der Waals surface area contributed by atoms with Gasteiger partial charge in [0.1, 0.15) is 5.76 Å². The molecule has 8 heteroatoms. The molecule has 0 fully saturated rings. The predicted molar refractivity (Wildman–Crippen MR) is 121 cm³/mol. The number of carbonyl (C=O) groups is 1. The molecule has 2 aromatic carbocycles. The number of thioether (sulfide) groups is 1. The first-order chi connectivity index (χ1) is 14.9. The molecule has 0 spiro atoms. The largest absolute Gasteiger partial charge is 0.360 e. The first-order valence-electron chi connectivity index (χ1n) is 9.91. The minimum absolute atomic E-state index is 0.186. The summed E-state index contributed by atoms with van der Waals surface area (Å²) in [5.74, 6) is 1.58. The fraction of sp³-hybridized carbons (Fsp3) is 0.217. The molecule has 158 valence electrons. The highest BCUT2D eigenvalue weighted by molar-refractivity contribution is 8.00. The summed E-state index contributed by atoms with van der Waals surface area (Å²) in [5, 5.41) is 15.7. The van der Waals surface area contributed by atoms with Gasteiger partial charge in [-0.1, -0.05) is 53.3 Å². The van der Waals surface area contributed by atoms with Crippen molar-refractivity contribution in [2.24, 2.45) is 0 Å². The maximum atomic E-state index is 12.7. The first-order valence-corrected chi connectivity index (χ1v) is 10.8. The van der Waals surface area contributed by atoms with E-state index in [1.807, 2.05) is 47.9 Å². The summed E-state index contributed by atoms with van der Waals surface area (Å²) >= 11 is 1.34. The van der Waals surface area contributed by atoms with Gasteiger partial charge >= 0.3 is 0 Å². The molecule has 0 bridgehead atoms. The quantitative estimate of drug-likeness (QED) is 0.432. The van der Waals surface area contributed by atoms with Crippen molar-refractivity contribution in [3.8, 4) is 17.1 Å². The molecule has 0 radical (unpaired) electrons. The van der Waals surface area contributed by atoms with Gasteiger partial charge in [-0.25, -0.2) is 0 Å². The fourth-order valence-electron chi connectivity index (χ4n) is 3.08. The van der Waals surface area contributed by atoms with Crippen molar-refractivity contribution in [2.45, 2.75) is 38.1 Å². The lowest BCUT2D eigenvalue weighted by molar-refractivity contribution is -0.115. The number of amides is 1. The normalized spacial score (nSPS) is 12.0. The molecule has 7 nitrogen and oxygen atoms in total. The van der Waals surface area contributed by atoms with E-state index in [4.69, 9.17) is 4.52 Å². The highest BCUT2D eigenvalue weighted by Crippen LogP contribution is 2.31. The van der Waals surface area contributed by atoms with Crippen LogP contribution >= 0.6 is 11.8 Å². The fourth-order valence-corrected chi connectivity index (χ4v) is 3.95. The van der Waals surface area contributed by atoms with E-state index < -0.39 is 5.25 Å². The van der Waals surface area contributed by atoms with Crippen LogP contribution in [0.15, 0.2) is 64.3 Å². The van der Waals surface area contributed by atoms with Gasteiger partial charge in [0.05, 0.1) is 10.9 Å². The van der Waals surface area contributed by atoms with Crippen LogP contribution < -0.4 is 5.32 Å². The van der Waals surface area contributed by atoms with Gasteiger partial charge in [-0.15, -0.1) is 10.2 Å². The van der Waals surface area contributed by atoms with E-state index in [2.05, 4.69) is 46.7 Å². The molecule has 2 aromatic heterocycles. The van der Waals surface area contributed by atoms with Crippen LogP contribution in [0.25, 0.3) is 17.1 Å². The summed E-state index contributed by atoms with van der Waals surface area (Å²) in [5.41, 5.74) is 4.29. The topological polar surface area (TPSA) is 85.8 Å². The molecule has 31 heavy (non-hydrogen) atoms. The smallest absolute Gasteiger partial charge is 0.238 e. The molecule has 0 aliphatic carbocycles. The van der Waals surface area contributed by atoms with E-state index in [1.165, 1.54) is 22.9 Å². The Morgan fingerprint density at radius 2 is 1.81 bits per heavy atom. The van der Waals surface area contributed by atoms with E-state index in [-0.39, 0.29) is 5.91 Å². The number of carbonyl (C=O) groups excluding carboxylic acids is 1. The average Bonchev–Trinajstić information content (AvgIpc) is 3.36. The number of anilines is 1. The zero-order chi connectivity index (χ0) is 22.0. The van der Waals surface area contributed by atoms with Crippen molar-refractivity contribution in [1.29, 1.82) is 0 Å². The van der Waals surface area contributed by atoms with Gasteiger partial charge in [-0.3, -0.25) is 9.36 Å². The number of nitrogens with zero attached hydrogens (tertiary/aromatic N) is 4. The summed E-state index contributed by atoms with van der Waals surface area (Å²) in [6.07, 6.45) is 0. The maximum Gasteiger partial charge on any atom is 0.238 e. The van der Waals surface area contributed by atoms with E-state index in [9.17, 15) is 4.79 Å². The van der Waals surface area contributed by atoms with Crippen molar-refractivity contribution in [2.75, 3.05) is 5.32 Å². The maximum absolute atomic E-state index is 12.7. The van der Waals surface area contributed by atoms with Crippen LogP contribution in [-0.2, 0) is 4.79 Å². The number of aromatic nitrogens is 4. The zero-order valence-corrected chi connectivity index (χ0v) is 18.6. The Labute approximate surface area is 184 Å². The summed E-state index contributed by atoms with van der Waals surface area (Å²) in [4.78, 5) is 12.7. The molecule has 1 unspecified atom stereocenters. The molecule has 1 N–H and O–H groups in total. The van der Waals surface area contributed by atoms with Gasteiger partial charge < -0.3 is 9.84 Å². The molecule has 4 aromatic rings. The van der Waals surface area contributed by atoms with Gasteiger partial charge in [0.25, 0.3) is 0 Å². The molecule has 0 aliphatic rings. The van der Waals surface area contributed by atoms with Gasteiger partial charge in [0.15, 0.2) is 16.8 Å². The third-order valence-corrected chi connectivity index (χ3v) is 5.99. The van der Waals surface area contributed by atoms with Crippen molar-refractivity contribution in [3.05, 3.63) is 71.5 Å². The molecule has 4 rings (SSSR count). The molecule has 1 amide bonds. The number of nitrogens with one attached hydrogen (secondary N) is 1. The number of benzene rings is 2. The third kappa shape index (κ3) is 4.54. The second-order valence-electron chi connectivity index (χ2n) is 7.35. The predicted octanol–water partition coefficient (Wildman–Crippen LogP) is 4.97. The Kier molecular flexibility index (Phi) is 5.90. The van der Waals surface area contributed by atoms with Crippen LogP contribution in [0.1, 0.15) is 23.8 Å². The Bertz CT molecular complexity index is 1220. The summed E-state index contributed by atoms with van der Waals surface area (Å²) < 4.78 is 7.01. The molecular formula is C23H23N5O2S. The average molecular weight is 434 g/mol. The van der Waals surface area contributed by atoms with Crippen LogP contribution in [0.4, 0.5) is 5.82 Å². The van der Waals surface area contributed by atoms with Crippen molar-refractivity contribution < 1.29 is 9.32 Å². The molecular weight excluding hydrogens is 410 g/mol. The lowest BCUT2D eigenvalue weighted by atomic mass is 10.1. The number of hydrogen-bond donors (Lipinski definition) is 1. The second kappa shape index (κ2) is 8.77. The minimum atomic E-state index is -0.421. The number of rotatable bonds is 6. The van der Waals surface area contributed by atoms with Gasteiger partial charge in [0, 0.05) is 11.6 Å². The van der Waals surface area contributed by atoms with E-state index in [1.54, 1.807) is 13.0 Å². The Morgan fingerprint density at radius 3 is 2.48 bits per heavy atom. The van der Waals surface area contributed by atoms with Crippen LogP contribution in [0.2, 0.25) is 0 Å². The summed E-state index contributed by atoms with van der Waals surface area (Å²) in [6, 6.07) is 17.8. The minimum Gasteiger partial charge on any atom is -0.360 e. The molecule has 2 heterocycles. The standard InChI is InChI=1S/C23H23N5O2S/c1-14-10-11-19(12-15(14)2)28-21(18-8-6-5-7-9-18)25-26-23(28)31-17(4)22(29)24-20-13-16(3)30-27-20/h5-13,17H,1-4H3,(H,24,27,29). The summed E-state index contributed by atoms with van der Waals surface area (Å²) in [7, 11) is 0. The third-order valence-electron chi connectivity index (χ3n) is 4.94. The first kappa shape index (κ1) is 20.9. The van der Waals surface area contributed by atoms with Crippen LogP contribution in [0, 0.1) is 20.8 Å². The Morgan fingerprint density at radius 1 is 1.03 bits per heavy atom. The Hall–Kier alpha value is -3.39. The second-order valence-corrected chi connectivity index (χ2v) is 8.66.